The van der Waals surface area contributed by atoms with E-state index >= 15 is 0 Å². The number of aromatic amines is 1. The molecule has 3 rings (SSSR count). The normalized spacial score (nSPS) is 11.0. The van der Waals surface area contributed by atoms with Gasteiger partial charge in [0.15, 0.2) is 5.82 Å². The molecule has 1 aromatic carbocycles. The third-order valence-electron chi connectivity index (χ3n) is 3.48. The van der Waals surface area contributed by atoms with E-state index in [1.165, 1.54) is 0 Å². The molecule has 0 bridgehead atoms. The number of nitrogens with zero attached hydrogens (tertiary/aromatic N) is 4. The second kappa shape index (κ2) is 7.10. The van der Waals surface area contributed by atoms with Crippen LogP contribution in [0.3, 0.4) is 0 Å². The highest BCUT2D eigenvalue weighted by Crippen LogP contribution is 2.11. The fourth-order valence-electron chi connectivity index (χ4n) is 2.38. The number of H-pyrrole nitrogens is 1. The molecule has 0 fully saturated rings. The summed E-state index contributed by atoms with van der Waals surface area (Å²) >= 11 is 0. The van der Waals surface area contributed by atoms with E-state index in [1.807, 2.05) is 66.3 Å². The van der Waals surface area contributed by atoms with Crippen molar-refractivity contribution in [3.05, 3.63) is 65.6 Å². The molecule has 0 saturated heterocycles. The number of nitrogens with one attached hydrogen (secondary N) is 2. The van der Waals surface area contributed by atoms with Crippen molar-refractivity contribution < 1.29 is 4.79 Å². The maximum atomic E-state index is 12.3. The number of carbonyl (C=O) groups is 1. The predicted octanol–water partition coefficient (Wildman–Crippen LogP) is 1.97. The maximum absolute atomic E-state index is 12.3. The van der Waals surface area contributed by atoms with Crippen molar-refractivity contribution >= 4 is 11.7 Å². The average molecular weight is 324 g/mol. The Morgan fingerprint density at radius 2 is 2.08 bits per heavy atom. The van der Waals surface area contributed by atoms with E-state index in [1.54, 1.807) is 6.20 Å². The summed E-state index contributed by atoms with van der Waals surface area (Å²) in [5.41, 5.74) is 2.63. The van der Waals surface area contributed by atoms with Gasteiger partial charge in [-0.3, -0.25) is 14.6 Å². The largest absolute Gasteiger partial charge is 0.305 e. The maximum Gasteiger partial charge on any atom is 0.256 e. The van der Waals surface area contributed by atoms with Gasteiger partial charge in [-0.15, -0.1) is 0 Å². The topological polar surface area (TPSA) is 78.8 Å². The van der Waals surface area contributed by atoms with Gasteiger partial charge in [-0.05, 0) is 37.9 Å². The molecule has 0 spiro atoms. The van der Waals surface area contributed by atoms with Crippen molar-refractivity contribution in [2.24, 2.45) is 0 Å². The fraction of sp³-hybridized carbons (Fsp3) is 0.235. The monoisotopic (exact) mass is 324 g/mol. The number of hydrogen-bond donors (Lipinski definition) is 2. The van der Waals surface area contributed by atoms with Crippen LogP contribution in [0.2, 0.25) is 0 Å². The average Bonchev–Trinajstić information content (AvgIpc) is 3.20. The van der Waals surface area contributed by atoms with Gasteiger partial charge >= 0.3 is 0 Å². The molecule has 0 unspecified atom stereocenters. The van der Waals surface area contributed by atoms with E-state index in [2.05, 4.69) is 20.6 Å². The first kappa shape index (κ1) is 15.9. The van der Waals surface area contributed by atoms with Crippen LogP contribution in [-0.2, 0) is 13.1 Å². The lowest BCUT2D eigenvalue weighted by Gasteiger charge is -2.06. The third-order valence-corrected chi connectivity index (χ3v) is 3.48. The van der Waals surface area contributed by atoms with Gasteiger partial charge in [0.2, 0.25) is 0 Å². The summed E-state index contributed by atoms with van der Waals surface area (Å²) in [6.07, 6.45) is 3.65. The molecule has 0 aliphatic carbocycles. The lowest BCUT2D eigenvalue weighted by atomic mass is 10.1. The molecule has 2 N–H and O–H groups in total. The summed E-state index contributed by atoms with van der Waals surface area (Å²) in [4.78, 5) is 14.3. The number of amides is 1. The summed E-state index contributed by atoms with van der Waals surface area (Å²) in [6.45, 7) is 1.42. The van der Waals surface area contributed by atoms with Gasteiger partial charge in [-0.2, -0.15) is 10.2 Å². The van der Waals surface area contributed by atoms with Crippen LogP contribution in [0.5, 0.6) is 0 Å². The van der Waals surface area contributed by atoms with E-state index in [9.17, 15) is 4.79 Å². The molecule has 3 aromatic rings. The molecule has 7 nitrogen and oxygen atoms in total. The van der Waals surface area contributed by atoms with Crippen LogP contribution in [0, 0.1) is 0 Å². The SMILES string of the molecule is CN(C)Cc1cc(NC(=O)c2ccc(Cn3cccn3)cc2)n[nH]1. The molecule has 0 atom stereocenters. The van der Waals surface area contributed by atoms with Gasteiger partial charge < -0.3 is 10.2 Å². The van der Waals surface area contributed by atoms with Crippen molar-refractivity contribution in [3.8, 4) is 0 Å². The van der Waals surface area contributed by atoms with Crippen LogP contribution >= 0.6 is 0 Å². The molecule has 24 heavy (non-hydrogen) atoms. The zero-order valence-corrected chi connectivity index (χ0v) is 13.7. The minimum absolute atomic E-state index is 0.177. The molecule has 124 valence electrons. The van der Waals surface area contributed by atoms with Crippen molar-refractivity contribution in [1.82, 2.24) is 24.9 Å². The van der Waals surface area contributed by atoms with Crippen LogP contribution in [0.4, 0.5) is 5.82 Å². The number of benzene rings is 1. The third kappa shape index (κ3) is 4.08. The second-order valence-corrected chi connectivity index (χ2v) is 5.87. The van der Waals surface area contributed by atoms with Crippen LogP contribution in [0.25, 0.3) is 0 Å². The summed E-state index contributed by atoms with van der Waals surface area (Å²) in [5.74, 6) is 0.348. The molecular formula is C17H20N6O. The summed E-state index contributed by atoms with van der Waals surface area (Å²) in [6, 6.07) is 11.2. The zero-order valence-electron chi connectivity index (χ0n) is 13.7. The highest BCUT2D eigenvalue weighted by atomic mass is 16.1. The Morgan fingerprint density at radius 3 is 2.75 bits per heavy atom. The molecule has 0 saturated carbocycles. The number of carbonyl (C=O) groups excluding carboxylic acids is 1. The minimum atomic E-state index is -0.177. The standard InChI is InChI=1S/C17H20N6O/c1-22(2)12-15-10-16(21-20-15)19-17(24)14-6-4-13(5-7-14)11-23-9-3-8-18-23/h3-10H,11-12H2,1-2H3,(H2,19,20,21,24). The number of hydrogen-bond acceptors (Lipinski definition) is 4. The number of anilines is 1. The van der Waals surface area contributed by atoms with Crippen LogP contribution in [0.15, 0.2) is 48.8 Å². The lowest BCUT2D eigenvalue weighted by molar-refractivity contribution is 0.102. The van der Waals surface area contributed by atoms with Gasteiger partial charge in [0.25, 0.3) is 5.91 Å². The molecule has 1 amide bonds. The van der Waals surface area contributed by atoms with Gasteiger partial charge in [0.1, 0.15) is 0 Å². The van der Waals surface area contributed by atoms with E-state index in [0.717, 1.165) is 17.8 Å². The second-order valence-electron chi connectivity index (χ2n) is 5.87. The highest BCUT2D eigenvalue weighted by Gasteiger charge is 2.09. The smallest absolute Gasteiger partial charge is 0.256 e. The Hall–Kier alpha value is -2.93. The summed E-state index contributed by atoms with van der Waals surface area (Å²) in [5, 5.41) is 14.0. The Kier molecular flexibility index (Phi) is 4.72. The summed E-state index contributed by atoms with van der Waals surface area (Å²) < 4.78 is 1.84. The van der Waals surface area contributed by atoms with E-state index in [-0.39, 0.29) is 5.91 Å². The molecule has 2 aromatic heterocycles. The minimum Gasteiger partial charge on any atom is -0.305 e. The first-order valence-corrected chi connectivity index (χ1v) is 7.67. The molecule has 0 radical (unpaired) electrons. The van der Waals surface area contributed by atoms with E-state index in [0.29, 0.717) is 17.9 Å². The first-order chi connectivity index (χ1) is 11.6. The van der Waals surface area contributed by atoms with Crippen molar-refractivity contribution in [3.63, 3.8) is 0 Å². The Bertz CT molecular complexity index is 789. The highest BCUT2D eigenvalue weighted by molar-refractivity contribution is 6.03. The quantitative estimate of drug-likeness (QED) is 0.726. The first-order valence-electron chi connectivity index (χ1n) is 7.67. The zero-order chi connectivity index (χ0) is 16.9. The Labute approximate surface area is 140 Å². The van der Waals surface area contributed by atoms with E-state index in [4.69, 9.17) is 0 Å². The molecule has 0 aliphatic rings. The van der Waals surface area contributed by atoms with Gasteiger partial charge in [0, 0.05) is 30.6 Å². The molecule has 0 aliphatic heterocycles. The van der Waals surface area contributed by atoms with Crippen LogP contribution < -0.4 is 5.32 Å². The Morgan fingerprint density at radius 1 is 1.29 bits per heavy atom. The van der Waals surface area contributed by atoms with Crippen LogP contribution in [0.1, 0.15) is 21.6 Å². The Balaban J connectivity index is 1.61. The van der Waals surface area contributed by atoms with Crippen molar-refractivity contribution in [2.45, 2.75) is 13.1 Å². The van der Waals surface area contributed by atoms with E-state index < -0.39 is 0 Å². The van der Waals surface area contributed by atoms with Crippen molar-refractivity contribution in [2.75, 3.05) is 19.4 Å². The van der Waals surface area contributed by atoms with Gasteiger partial charge in [-0.1, -0.05) is 12.1 Å². The molecule has 2 heterocycles. The molecular weight excluding hydrogens is 304 g/mol. The molecule has 7 heteroatoms. The van der Waals surface area contributed by atoms with Crippen LogP contribution in [-0.4, -0.2) is 44.9 Å². The fourth-order valence-corrected chi connectivity index (χ4v) is 2.38. The van der Waals surface area contributed by atoms with Gasteiger partial charge in [-0.25, -0.2) is 0 Å². The van der Waals surface area contributed by atoms with Gasteiger partial charge in [0.05, 0.1) is 12.2 Å². The van der Waals surface area contributed by atoms with Crippen molar-refractivity contribution in [1.29, 1.82) is 0 Å². The predicted molar refractivity (Wildman–Crippen MR) is 91.7 cm³/mol. The summed E-state index contributed by atoms with van der Waals surface area (Å²) in [7, 11) is 3.95. The lowest BCUT2D eigenvalue weighted by Crippen LogP contribution is -2.12. The number of aromatic nitrogens is 4. The number of rotatable bonds is 6.